The summed E-state index contributed by atoms with van der Waals surface area (Å²) in [4.78, 5) is 34.2. The molecule has 1 N–H and O–H groups in total. The lowest BCUT2D eigenvalue weighted by Crippen LogP contribution is -2.37. The molecule has 128 valence electrons. The van der Waals surface area contributed by atoms with Crippen LogP contribution < -0.4 is 10.9 Å². The van der Waals surface area contributed by atoms with Crippen molar-refractivity contribution in [1.82, 2.24) is 19.9 Å². The molecule has 24 heavy (non-hydrogen) atoms. The van der Waals surface area contributed by atoms with Gasteiger partial charge in [-0.15, -0.1) is 0 Å². The molecule has 3 rings (SSSR count). The zero-order chi connectivity index (χ0) is 17.1. The number of aryl methyl sites for hydroxylation is 2. The van der Waals surface area contributed by atoms with Crippen LogP contribution in [0.25, 0.3) is 11.0 Å². The van der Waals surface area contributed by atoms with Gasteiger partial charge in [0.15, 0.2) is 5.65 Å². The number of carbonyl (C=O) groups is 1. The Labute approximate surface area is 141 Å². The van der Waals surface area contributed by atoms with Crippen molar-refractivity contribution in [1.29, 1.82) is 0 Å². The minimum atomic E-state index is -0.531. The summed E-state index contributed by atoms with van der Waals surface area (Å²) < 4.78 is 1.45. The molecule has 0 bridgehead atoms. The summed E-state index contributed by atoms with van der Waals surface area (Å²) in [5.74, 6) is -0.131. The second kappa shape index (κ2) is 7.11. The quantitative estimate of drug-likeness (QED) is 0.912. The van der Waals surface area contributed by atoms with Crippen LogP contribution in [0.3, 0.4) is 0 Å². The predicted molar refractivity (Wildman–Crippen MR) is 93.1 cm³/mol. The molecule has 1 aliphatic carbocycles. The highest BCUT2D eigenvalue weighted by Crippen LogP contribution is 2.22. The average Bonchev–Trinajstić information content (AvgIpc) is 2.61. The Morgan fingerprint density at radius 1 is 1.33 bits per heavy atom. The van der Waals surface area contributed by atoms with E-state index in [0.29, 0.717) is 24.0 Å². The fraction of sp³-hybridized carbons (Fsp3) is 0.556. The first-order chi connectivity index (χ1) is 11.7. The number of nitrogens with one attached hydrogen (secondary N) is 1. The van der Waals surface area contributed by atoms with Crippen LogP contribution in [0.2, 0.25) is 0 Å². The van der Waals surface area contributed by atoms with Gasteiger partial charge in [-0.3, -0.25) is 14.2 Å². The minimum absolute atomic E-state index is 0.131. The van der Waals surface area contributed by atoms with Gasteiger partial charge < -0.3 is 5.32 Å². The topological polar surface area (TPSA) is 76.9 Å². The van der Waals surface area contributed by atoms with Gasteiger partial charge in [-0.1, -0.05) is 13.8 Å². The van der Waals surface area contributed by atoms with E-state index in [9.17, 15) is 9.59 Å². The highest BCUT2D eigenvalue weighted by molar-refractivity contribution is 5.81. The van der Waals surface area contributed by atoms with Crippen molar-refractivity contribution >= 4 is 16.9 Å². The molecule has 0 fully saturated rings. The summed E-state index contributed by atoms with van der Waals surface area (Å²) in [5, 5.41) is 3.38. The third-order valence-corrected chi connectivity index (χ3v) is 4.62. The highest BCUT2D eigenvalue weighted by atomic mass is 16.2. The number of pyridine rings is 1. The van der Waals surface area contributed by atoms with Gasteiger partial charge in [0.25, 0.3) is 5.56 Å². The molecule has 0 saturated heterocycles. The second-order valence-corrected chi connectivity index (χ2v) is 6.34. The third-order valence-electron chi connectivity index (χ3n) is 4.62. The standard InChI is InChI=1S/C18H24N4O2/c1-3-9-19-17(23)15(4-2)22-11-20-16-13(18(22)24)10-12-7-5-6-8-14(12)21-16/h10-11,15H,3-9H2,1-2H3,(H,19,23)/t15-/m0/s1. The normalized spacial score (nSPS) is 15.1. The van der Waals surface area contributed by atoms with Crippen LogP contribution in [0.15, 0.2) is 17.2 Å². The van der Waals surface area contributed by atoms with Crippen LogP contribution in [0.5, 0.6) is 0 Å². The molecule has 2 aromatic heterocycles. The maximum absolute atomic E-state index is 12.9. The van der Waals surface area contributed by atoms with Crippen molar-refractivity contribution in [3.63, 3.8) is 0 Å². The van der Waals surface area contributed by atoms with Gasteiger partial charge >= 0.3 is 0 Å². The molecule has 0 aliphatic heterocycles. The van der Waals surface area contributed by atoms with Crippen LogP contribution in [0.1, 0.15) is 56.8 Å². The summed E-state index contributed by atoms with van der Waals surface area (Å²) in [6.07, 6.45) is 7.05. The third kappa shape index (κ3) is 3.05. The summed E-state index contributed by atoms with van der Waals surface area (Å²) >= 11 is 0. The minimum Gasteiger partial charge on any atom is -0.354 e. The number of hydrogen-bond donors (Lipinski definition) is 1. The lowest BCUT2D eigenvalue weighted by atomic mass is 9.95. The Bertz CT molecular complexity index is 813. The van der Waals surface area contributed by atoms with E-state index in [2.05, 4.69) is 15.3 Å². The first-order valence-corrected chi connectivity index (χ1v) is 8.83. The Balaban J connectivity index is 2.04. The summed E-state index contributed by atoms with van der Waals surface area (Å²) in [5.41, 5.74) is 2.51. The Kier molecular flexibility index (Phi) is 4.92. The smallest absolute Gasteiger partial charge is 0.263 e. The molecule has 2 heterocycles. The summed E-state index contributed by atoms with van der Waals surface area (Å²) in [7, 11) is 0. The van der Waals surface area contributed by atoms with Crippen molar-refractivity contribution in [3.8, 4) is 0 Å². The number of carbonyl (C=O) groups excluding carboxylic acids is 1. The lowest BCUT2D eigenvalue weighted by Gasteiger charge is -2.19. The van der Waals surface area contributed by atoms with E-state index in [4.69, 9.17) is 0 Å². The zero-order valence-corrected chi connectivity index (χ0v) is 14.3. The van der Waals surface area contributed by atoms with E-state index < -0.39 is 6.04 Å². The number of nitrogens with zero attached hydrogens (tertiary/aromatic N) is 3. The summed E-state index contributed by atoms with van der Waals surface area (Å²) in [6.45, 7) is 4.51. The molecular weight excluding hydrogens is 304 g/mol. The fourth-order valence-electron chi connectivity index (χ4n) is 3.28. The van der Waals surface area contributed by atoms with Gasteiger partial charge in [0, 0.05) is 12.2 Å². The SMILES string of the molecule is CCCNC(=O)[C@H](CC)n1cnc2nc3c(cc2c1=O)CCCC3. The second-order valence-electron chi connectivity index (χ2n) is 6.34. The van der Waals surface area contributed by atoms with E-state index in [1.165, 1.54) is 10.9 Å². The van der Waals surface area contributed by atoms with Crippen molar-refractivity contribution < 1.29 is 4.79 Å². The Morgan fingerprint density at radius 2 is 2.12 bits per heavy atom. The maximum atomic E-state index is 12.9. The number of fused-ring (bicyclic) bond motifs is 2. The highest BCUT2D eigenvalue weighted by Gasteiger charge is 2.21. The largest absolute Gasteiger partial charge is 0.354 e. The van der Waals surface area contributed by atoms with Crippen LogP contribution in [-0.4, -0.2) is 27.0 Å². The van der Waals surface area contributed by atoms with Gasteiger partial charge in [-0.05, 0) is 50.2 Å². The molecule has 0 unspecified atom stereocenters. The average molecular weight is 328 g/mol. The molecule has 2 aromatic rings. The fourth-order valence-corrected chi connectivity index (χ4v) is 3.28. The molecule has 0 saturated carbocycles. The van der Waals surface area contributed by atoms with E-state index in [1.54, 1.807) is 0 Å². The van der Waals surface area contributed by atoms with Gasteiger partial charge in [-0.25, -0.2) is 9.97 Å². The maximum Gasteiger partial charge on any atom is 0.263 e. The molecule has 0 spiro atoms. The summed E-state index contributed by atoms with van der Waals surface area (Å²) in [6, 6.07) is 1.40. The van der Waals surface area contributed by atoms with Crippen molar-refractivity contribution in [2.24, 2.45) is 0 Å². The predicted octanol–water partition coefficient (Wildman–Crippen LogP) is 2.15. The first kappa shape index (κ1) is 16.6. The molecule has 1 aliphatic rings. The Hall–Kier alpha value is -2.24. The molecular formula is C18H24N4O2. The van der Waals surface area contributed by atoms with Crippen molar-refractivity contribution in [2.75, 3.05) is 6.54 Å². The number of amides is 1. The number of rotatable bonds is 5. The van der Waals surface area contributed by atoms with E-state index in [1.807, 2.05) is 19.9 Å². The van der Waals surface area contributed by atoms with Crippen molar-refractivity contribution in [3.05, 3.63) is 34.0 Å². The van der Waals surface area contributed by atoms with Gasteiger partial charge in [0.05, 0.1) is 5.39 Å². The number of hydrogen-bond acceptors (Lipinski definition) is 4. The van der Waals surface area contributed by atoms with Crippen LogP contribution in [0.4, 0.5) is 0 Å². The van der Waals surface area contributed by atoms with E-state index >= 15 is 0 Å². The lowest BCUT2D eigenvalue weighted by molar-refractivity contribution is -0.124. The number of aromatic nitrogens is 3. The van der Waals surface area contributed by atoms with Crippen LogP contribution in [0, 0.1) is 0 Å². The van der Waals surface area contributed by atoms with Crippen LogP contribution in [-0.2, 0) is 17.6 Å². The Morgan fingerprint density at radius 3 is 2.88 bits per heavy atom. The molecule has 1 atom stereocenters. The molecule has 1 amide bonds. The first-order valence-electron chi connectivity index (χ1n) is 8.83. The molecule has 0 aromatic carbocycles. The molecule has 0 radical (unpaired) electrons. The monoisotopic (exact) mass is 328 g/mol. The van der Waals surface area contributed by atoms with Gasteiger partial charge in [-0.2, -0.15) is 0 Å². The van der Waals surface area contributed by atoms with Crippen LogP contribution >= 0.6 is 0 Å². The van der Waals surface area contributed by atoms with E-state index in [-0.39, 0.29) is 11.5 Å². The zero-order valence-electron chi connectivity index (χ0n) is 14.3. The van der Waals surface area contributed by atoms with Crippen molar-refractivity contribution in [2.45, 2.75) is 58.4 Å². The van der Waals surface area contributed by atoms with Gasteiger partial charge in [0.1, 0.15) is 12.4 Å². The molecule has 6 nitrogen and oxygen atoms in total. The molecule has 6 heteroatoms. The van der Waals surface area contributed by atoms with E-state index in [0.717, 1.165) is 43.4 Å². The van der Waals surface area contributed by atoms with Gasteiger partial charge in [0.2, 0.25) is 5.91 Å².